The van der Waals surface area contributed by atoms with E-state index in [2.05, 4.69) is 4.99 Å². The third kappa shape index (κ3) is 5.59. The number of sulfonamides is 1. The third-order valence-electron chi connectivity index (χ3n) is 6.42. The van der Waals surface area contributed by atoms with E-state index in [0.29, 0.717) is 11.3 Å². The molecular formula is C25H29F2N3O4S2. The predicted octanol–water partition coefficient (Wildman–Crippen LogP) is 4.71. The van der Waals surface area contributed by atoms with E-state index in [0.717, 1.165) is 49.5 Å². The Morgan fingerprint density at radius 2 is 1.86 bits per heavy atom. The minimum atomic E-state index is -3.69. The fraction of sp³-hybridized carbons (Fsp3) is 0.440. The van der Waals surface area contributed by atoms with Gasteiger partial charge in [-0.2, -0.15) is 9.30 Å². The molecular weight excluding hydrogens is 508 g/mol. The van der Waals surface area contributed by atoms with E-state index in [-0.39, 0.29) is 40.0 Å². The molecule has 1 aliphatic rings. The normalized spacial score (nSPS) is 15.8. The molecule has 0 atom stereocenters. The van der Waals surface area contributed by atoms with Crippen molar-refractivity contribution in [3.8, 4) is 0 Å². The molecule has 4 rings (SSSR count). The van der Waals surface area contributed by atoms with E-state index >= 15 is 0 Å². The summed E-state index contributed by atoms with van der Waals surface area (Å²) in [6, 6.07) is 7.62. The number of hydrogen-bond donors (Lipinski definition) is 0. The summed E-state index contributed by atoms with van der Waals surface area (Å²) in [5, 5.41) is 0. The maximum Gasteiger partial charge on any atom is 0.279 e. The predicted molar refractivity (Wildman–Crippen MR) is 134 cm³/mol. The average molecular weight is 538 g/mol. The Morgan fingerprint density at radius 1 is 1.17 bits per heavy atom. The maximum absolute atomic E-state index is 14.6. The Hall–Kier alpha value is -2.47. The first-order chi connectivity index (χ1) is 17.2. The van der Waals surface area contributed by atoms with Crippen molar-refractivity contribution in [3.63, 3.8) is 0 Å². The van der Waals surface area contributed by atoms with Gasteiger partial charge >= 0.3 is 0 Å². The lowest BCUT2D eigenvalue weighted by molar-refractivity contribution is 0.0996. The van der Waals surface area contributed by atoms with Crippen molar-refractivity contribution in [1.29, 1.82) is 0 Å². The SMILES string of the molecule is CCOCCn1c(=NC(=O)c2ccc(S(=O)(=O)N(C)C3CCCCC3)cc2)sc2cc(F)cc(F)c21. The number of nitrogens with zero attached hydrogens (tertiary/aromatic N) is 3. The molecule has 1 aliphatic carbocycles. The highest BCUT2D eigenvalue weighted by molar-refractivity contribution is 7.89. The topological polar surface area (TPSA) is 81.0 Å². The first-order valence-electron chi connectivity index (χ1n) is 12.0. The van der Waals surface area contributed by atoms with E-state index in [1.807, 2.05) is 6.92 Å². The molecule has 0 N–H and O–H groups in total. The van der Waals surface area contributed by atoms with Crippen molar-refractivity contribution in [2.24, 2.45) is 4.99 Å². The van der Waals surface area contributed by atoms with Crippen LogP contribution < -0.4 is 4.80 Å². The van der Waals surface area contributed by atoms with Crippen LogP contribution in [0.15, 0.2) is 46.3 Å². The molecule has 0 aliphatic heterocycles. The van der Waals surface area contributed by atoms with Crippen LogP contribution in [0.3, 0.4) is 0 Å². The zero-order chi connectivity index (χ0) is 25.9. The van der Waals surface area contributed by atoms with E-state index in [1.54, 1.807) is 7.05 Å². The number of ether oxygens (including phenoxy) is 1. The number of halogens is 2. The summed E-state index contributed by atoms with van der Waals surface area (Å²) in [4.78, 5) is 17.4. The smallest absolute Gasteiger partial charge is 0.279 e. The van der Waals surface area contributed by atoms with Gasteiger partial charge in [0.2, 0.25) is 10.0 Å². The Balaban J connectivity index is 1.63. The summed E-state index contributed by atoms with van der Waals surface area (Å²) in [5.74, 6) is -2.08. The molecule has 194 valence electrons. The summed E-state index contributed by atoms with van der Waals surface area (Å²) in [7, 11) is -2.09. The third-order valence-corrected chi connectivity index (χ3v) is 9.37. The maximum atomic E-state index is 14.6. The van der Waals surface area contributed by atoms with Crippen LogP contribution >= 0.6 is 11.3 Å². The minimum absolute atomic E-state index is 0.0228. The molecule has 0 spiro atoms. The van der Waals surface area contributed by atoms with Gasteiger partial charge in [0.25, 0.3) is 5.91 Å². The lowest BCUT2D eigenvalue weighted by Crippen LogP contribution is -2.38. The van der Waals surface area contributed by atoms with E-state index in [4.69, 9.17) is 4.74 Å². The van der Waals surface area contributed by atoms with Crippen LogP contribution in [0, 0.1) is 11.6 Å². The van der Waals surface area contributed by atoms with Crippen LogP contribution in [-0.2, 0) is 21.3 Å². The van der Waals surface area contributed by atoms with Gasteiger partial charge in [-0.15, -0.1) is 0 Å². The number of thiazole rings is 1. The monoisotopic (exact) mass is 537 g/mol. The summed E-state index contributed by atoms with van der Waals surface area (Å²) in [6.07, 6.45) is 4.83. The largest absolute Gasteiger partial charge is 0.380 e. The highest BCUT2D eigenvalue weighted by Gasteiger charge is 2.29. The second-order valence-corrected chi connectivity index (χ2v) is 11.7. The summed E-state index contributed by atoms with van der Waals surface area (Å²) in [5.41, 5.74) is 0.342. The second kappa shape index (κ2) is 11.3. The standard InChI is InChI=1S/C25H29F2N3O4S2/c1-3-34-14-13-30-23-21(27)15-18(26)16-22(23)35-25(30)28-24(31)17-9-11-20(12-10-17)36(32,33)29(2)19-7-5-4-6-8-19/h9-12,15-16,19H,3-8,13-14H2,1-2H3. The van der Waals surface area contributed by atoms with Gasteiger partial charge in [-0.3, -0.25) is 4.79 Å². The Labute approximate surface area is 213 Å². The fourth-order valence-corrected chi connectivity index (χ4v) is 6.96. The molecule has 1 saturated carbocycles. The zero-order valence-corrected chi connectivity index (χ0v) is 21.9. The summed E-state index contributed by atoms with van der Waals surface area (Å²) >= 11 is 0.998. The van der Waals surface area contributed by atoms with Crippen molar-refractivity contribution in [1.82, 2.24) is 8.87 Å². The highest BCUT2D eigenvalue weighted by Crippen LogP contribution is 2.27. The number of rotatable bonds is 8. The van der Waals surface area contributed by atoms with Gasteiger partial charge in [0.15, 0.2) is 10.6 Å². The number of hydrogen-bond acceptors (Lipinski definition) is 5. The molecule has 1 aromatic heterocycles. The van der Waals surface area contributed by atoms with Crippen LogP contribution in [0.4, 0.5) is 8.78 Å². The molecule has 0 saturated heterocycles. The van der Waals surface area contributed by atoms with Crippen molar-refractivity contribution >= 4 is 37.5 Å². The minimum Gasteiger partial charge on any atom is -0.380 e. The van der Waals surface area contributed by atoms with Crippen LogP contribution in [0.2, 0.25) is 0 Å². The van der Waals surface area contributed by atoms with Crippen LogP contribution in [0.1, 0.15) is 49.4 Å². The van der Waals surface area contributed by atoms with Gasteiger partial charge in [-0.25, -0.2) is 17.2 Å². The van der Waals surface area contributed by atoms with Gasteiger partial charge in [0, 0.05) is 37.9 Å². The number of carbonyl (C=O) groups is 1. The zero-order valence-electron chi connectivity index (χ0n) is 20.2. The van der Waals surface area contributed by atoms with Crippen molar-refractivity contribution in [2.75, 3.05) is 20.3 Å². The quantitative estimate of drug-likeness (QED) is 0.390. The summed E-state index contributed by atoms with van der Waals surface area (Å²) < 4.78 is 63.1. The first-order valence-corrected chi connectivity index (χ1v) is 14.2. The van der Waals surface area contributed by atoms with E-state index in [9.17, 15) is 22.0 Å². The highest BCUT2D eigenvalue weighted by atomic mass is 32.2. The van der Waals surface area contributed by atoms with Gasteiger partial charge in [-0.1, -0.05) is 30.6 Å². The van der Waals surface area contributed by atoms with Gasteiger partial charge in [0.1, 0.15) is 5.82 Å². The molecule has 2 aromatic carbocycles. The number of amides is 1. The molecule has 0 bridgehead atoms. The Bertz CT molecular complexity index is 1410. The van der Waals surface area contributed by atoms with E-state index in [1.165, 1.54) is 39.2 Å². The molecule has 7 nitrogen and oxygen atoms in total. The molecule has 1 heterocycles. The second-order valence-electron chi connectivity index (χ2n) is 8.72. The van der Waals surface area contributed by atoms with Crippen molar-refractivity contribution in [2.45, 2.75) is 56.5 Å². The number of fused-ring (bicyclic) bond motifs is 1. The number of benzene rings is 2. The average Bonchev–Trinajstić information content (AvgIpc) is 3.21. The molecule has 0 unspecified atom stereocenters. The fourth-order valence-electron chi connectivity index (χ4n) is 4.45. The van der Waals surface area contributed by atoms with Gasteiger partial charge in [-0.05, 0) is 50.1 Å². The van der Waals surface area contributed by atoms with Gasteiger partial charge in [0.05, 0.1) is 21.7 Å². The molecule has 1 fully saturated rings. The van der Waals surface area contributed by atoms with Crippen molar-refractivity contribution in [3.05, 3.63) is 58.4 Å². The van der Waals surface area contributed by atoms with Crippen LogP contribution in [0.5, 0.6) is 0 Å². The molecule has 0 radical (unpaired) electrons. The Morgan fingerprint density at radius 3 is 2.53 bits per heavy atom. The van der Waals surface area contributed by atoms with E-state index < -0.39 is 27.6 Å². The summed E-state index contributed by atoms with van der Waals surface area (Å²) in [6.45, 7) is 2.79. The van der Waals surface area contributed by atoms with Gasteiger partial charge < -0.3 is 9.30 Å². The molecule has 1 amide bonds. The van der Waals surface area contributed by atoms with Crippen molar-refractivity contribution < 1.29 is 26.7 Å². The number of carbonyl (C=O) groups excluding carboxylic acids is 1. The molecule has 11 heteroatoms. The first kappa shape index (κ1) is 26.6. The molecule has 3 aromatic rings. The van der Waals surface area contributed by atoms with Crippen LogP contribution in [0.25, 0.3) is 10.2 Å². The lowest BCUT2D eigenvalue weighted by Gasteiger charge is -2.30. The van der Waals surface area contributed by atoms with Crippen LogP contribution in [-0.4, -0.2) is 49.5 Å². The molecule has 36 heavy (non-hydrogen) atoms. The Kier molecular flexibility index (Phi) is 8.34. The lowest BCUT2D eigenvalue weighted by atomic mass is 9.96. The number of aromatic nitrogens is 1.